The summed E-state index contributed by atoms with van der Waals surface area (Å²) in [5.74, 6) is -1.14. The van der Waals surface area contributed by atoms with Crippen molar-refractivity contribution in [2.75, 3.05) is 20.6 Å². The molecule has 7 heteroatoms. The third kappa shape index (κ3) is 2.73. The van der Waals surface area contributed by atoms with E-state index in [1.54, 1.807) is 13.0 Å². The van der Waals surface area contributed by atoms with Crippen LogP contribution in [0.3, 0.4) is 0 Å². The molecule has 0 saturated heterocycles. The number of aromatic amines is 1. The maximum atomic E-state index is 12.2. The molecular formula is C14H17N3O4. The number of aromatic nitrogens is 2. The van der Waals surface area contributed by atoms with E-state index >= 15 is 0 Å². The summed E-state index contributed by atoms with van der Waals surface area (Å²) < 4.78 is 1.26. The standard InChI is InChI=1S/C14H17N3O4/c1-8(7-16(2)3)17-11-9(14(20)21)5-4-6-10(11)15-12(18)13(17)19/h4-6,8H,7H2,1-3H3,(H,15,18)(H,20,21). The van der Waals surface area contributed by atoms with Gasteiger partial charge < -0.3 is 15.0 Å². The molecule has 1 aromatic heterocycles. The summed E-state index contributed by atoms with van der Waals surface area (Å²) in [4.78, 5) is 39.7. The highest BCUT2D eigenvalue weighted by Gasteiger charge is 2.19. The van der Waals surface area contributed by atoms with Crippen molar-refractivity contribution in [3.8, 4) is 0 Å². The Morgan fingerprint density at radius 2 is 2.05 bits per heavy atom. The van der Waals surface area contributed by atoms with Crippen LogP contribution in [0.5, 0.6) is 0 Å². The van der Waals surface area contributed by atoms with Gasteiger partial charge in [-0.15, -0.1) is 0 Å². The van der Waals surface area contributed by atoms with Crippen LogP contribution in [0.15, 0.2) is 27.8 Å². The Balaban J connectivity index is 2.89. The number of likely N-dealkylation sites (N-methyl/N-ethyl adjacent to an activating group) is 1. The molecule has 0 fully saturated rings. The Labute approximate surface area is 120 Å². The van der Waals surface area contributed by atoms with Crippen molar-refractivity contribution < 1.29 is 9.90 Å². The Hall–Kier alpha value is -2.41. The summed E-state index contributed by atoms with van der Waals surface area (Å²) >= 11 is 0. The summed E-state index contributed by atoms with van der Waals surface area (Å²) in [7, 11) is 3.68. The van der Waals surface area contributed by atoms with Crippen molar-refractivity contribution in [3.05, 3.63) is 44.5 Å². The molecule has 1 heterocycles. The second kappa shape index (κ2) is 5.53. The number of H-pyrrole nitrogens is 1. The predicted molar refractivity (Wildman–Crippen MR) is 79.1 cm³/mol. The molecule has 21 heavy (non-hydrogen) atoms. The Morgan fingerprint density at radius 3 is 2.62 bits per heavy atom. The second-order valence-corrected chi connectivity index (χ2v) is 5.25. The first-order valence-corrected chi connectivity index (χ1v) is 6.48. The van der Waals surface area contributed by atoms with E-state index < -0.39 is 17.1 Å². The minimum absolute atomic E-state index is 0.00791. The van der Waals surface area contributed by atoms with Crippen LogP contribution >= 0.6 is 0 Å². The predicted octanol–water partition coefficient (Wildman–Crippen LogP) is 0.511. The van der Waals surface area contributed by atoms with E-state index in [0.717, 1.165) is 0 Å². The van der Waals surface area contributed by atoms with E-state index in [2.05, 4.69) is 4.98 Å². The van der Waals surface area contributed by atoms with Gasteiger partial charge in [-0.2, -0.15) is 0 Å². The van der Waals surface area contributed by atoms with Gasteiger partial charge in [-0.05, 0) is 33.2 Å². The number of nitrogens with zero attached hydrogens (tertiary/aromatic N) is 2. The number of benzene rings is 1. The highest BCUT2D eigenvalue weighted by atomic mass is 16.4. The number of carbonyl (C=O) groups is 1. The monoisotopic (exact) mass is 291 g/mol. The molecule has 0 spiro atoms. The fraction of sp³-hybridized carbons (Fsp3) is 0.357. The number of fused-ring (bicyclic) bond motifs is 1. The maximum absolute atomic E-state index is 12.2. The van der Waals surface area contributed by atoms with E-state index in [9.17, 15) is 19.5 Å². The number of carboxylic acids is 1. The minimum Gasteiger partial charge on any atom is -0.478 e. The largest absolute Gasteiger partial charge is 0.478 e. The number of rotatable bonds is 4. The molecule has 0 bridgehead atoms. The summed E-state index contributed by atoms with van der Waals surface area (Å²) in [6.45, 7) is 2.28. The molecule has 7 nitrogen and oxygen atoms in total. The Kier molecular flexibility index (Phi) is 3.95. The molecule has 0 aliphatic carbocycles. The van der Waals surface area contributed by atoms with Gasteiger partial charge >= 0.3 is 17.1 Å². The van der Waals surface area contributed by atoms with Crippen LogP contribution in [-0.4, -0.2) is 46.2 Å². The average molecular weight is 291 g/mol. The molecule has 0 aliphatic rings. The topological polar surface area (TPSA) is 95.4 Å². The average Bonchev–Trinajstić information content (AvgIpc) is 2.38. The summed E-state index contributed by atoms with van der Waals surface area (Å²) in [6.07, 6.45) is 0. The van der Waals surface area contributed by atoms with Crippen LogP contribution < -0.4 is 11.1 Å². The normalized spacial score (nSPS) is 12.8. The molecule has 2 rings (SSSR count). The van der Waals surface area contributed by atoms with Crippen molar-refractivity contribution in [1.82, 2.24) is 14.5 Å². The first-order valence-electron chi connectivity index (χ1n) is 6.48. The highest BCUT2D eigenvalue weighted by Crippen LogP contribution is 2.18. The number of carboxylic acid groups (broad SMARTS) is 1. The maximum Gasteiger partial charge on any atom is 0.337 e. The molecule has 1 aromatic carbocycles. The van der Waals surface area contributed by atoms with Crippen LogP contribution in [-0.2, 0) is 0 Å². The van der Waals surface area contributed by atoms with Gasteiger partial charge in [-0.25, -0.2) is 4.79 Å². The number of hydrogen-bond acceptors (Lipinski definition) is 4. The van der Waals surface area contributed by atoms with Gasteiger partial charge in [0.25, 0.3) is 0 Å². The molecule has 0 radical (unpaired) electrons. The lowest BCUT2D eigenvalue weighted by molar-refractivity contribution is 0.0698. The van der Waals surface area contributed by atoms with Gasteiger partial charge in [-0.3, -0.25) is 14.2 Å². The van der Waals surface area contributed by atoms with E-state index in [-0.39, 0.29) is 17.1 Å². The van der Waals surface area contributed by atoms with Crippen molar-refractivity contribution in [1.29, 1.82) is 0 Å². The minimum atomic E-state index is -1.14. The van der Waals surface area contributed by atoms with E-state index in [1.165, 1.54) is 16.7 Å². The smallest absolute Gasteiger partial charge is 0.337 e. The van der Waals surface area contributed by atoms with E-state index in [1.807, 2.05) is 19.0 Å². The molecule has 2 aromatic rings. The van der Waals surface area contributed by atoms with Gasteiger partial charge in [-0.1, -0.05) is 6.07 Å². The van der Waals surface area contributed by atoms with Crippen molar-refractivity contribution in [2.45, 2.75) is 13.0 Å². The number of para-hydroxylation sites is 1. The first-order chi connectivity index (χ1) is 9.82. The van der Waals surface area contributed by atoms with E-state index in [0.29, 0.717) is 12.1 Å². The summed E-state index contributed by atoms with van der Waals surface area (Å²) in [6, 6.07) is 4.20. The quantitative estimate of drug-likeness (QED) is 0.800. The van der Waals surface area contributed by atoms with Crippen molar-refractivity contribution >= 4 is 17.0 Å². The second-order valence-electron chi connectivity index (χ2n) is 5.25. The molecule has 112 valence electrons. The van der Waals surface area contributed by atoms with Gasteiger partial charge in [0.05, 0.1) is 16.6 Å². The Bertz CT molecular complexity index is 804. The molecule has 0 saturated carbocycles. The first kappa shape index (κ1) is 15.0. The molecule has 0 amide bonds. The number of aromatic carboxylic acids is 1. The van der Waals surface area contributed by atoms with Crippen LogP contribution in [0.25, 0.3) is 11.0 Å². The molecule has 0 aliphatic heterocycles. The SMILES string of the molecule is CC(CN(C)C)n1c(=O)c(=O)[nH]c2cccc(C(=O)O)c21. The third-order valence-corrected chi connectivity index (χ3v) is 3.24. The lowest BCUT2D eigenvalue weighted by Crippen LogP contribution is -2.40. The van der Waals surface area contributed by atoms with Gasteiger partial charge in [0.1, 0.15) is 0 Å². The third-order valence-electron chi connectivity index (χ3n) is 3.24. The summed E-state index contributed by atoms with van der Waals surface area (Å²) in [5, 5.41) is 9.31. The summed E-state index contributed by atoms with van der Waals surface area (Å²) in [5.41, 5.74) is -0.929. The number of hydrogen-bond donors (Lipinski definition) is 2. The zero-order chi connectivity index (χ0) is 15.7. The lowest BCUT2D eigenvalue weighted by atomic mass is 10.1. The van der Waals surface area contributed by atoms with Gasteiger partial charge in [0.15, 0.2) is 0 Å². The van der Waals surface area contributed by atoms with Crippen molar-refractivity contribution in [2.24, 2.45) is 0 Å². The molecule has 2 N–H and O–H groups in total. The lowest BCUT2D eigenvalue weighted by Gasteiger charge is -2.21. The van der Waals surface area contributed by atoms with E-state index in [4.69, 9.17) is 0 Å². The number of nitrogens with one attached hydrogen (secondary N) is 1. The van der Waals surface area contributed by atoms with Crippen LogP contribution in [0.4, 0.5) is 0 Å². The zero-order valence-electron chi connectivity index (χ0n) is 12.1. The van der Waals surface area contributed by atoms with Gasteiger partial charge in [0, 0.05) is 12.6 Å². The van der Waals surface area contributed by atoms with Crippen LogP contribution in [0, 0.1) is 0 Å². The fourth-order valence-corrected chi connectivity index (χ4v) is 2.49. The molecule has 1 atom stereocenters. The van der Waals surface area contributed by atoms with Crippen molar-refractivity contribution in [3.63, 3.8) is 0 Å². The molecule has 1 unspecified atom stereocenters. The van der Waals surface area contributed by atoms with Crippen LogP contribution in [0.2, 0.25) is 0 Å². The molecular weight excluding hydrogens is 274 g/mol. The highest BCUT2D eigenvalue weighted by molar-refractivity contribution is 6.00. The fourth-order valence-electron chi connectivity index (χ4n) is 2.49. The zero-order valence-corrected chi connectivity index (χ0v) is 12.1. The van der Waals surface area contributed by atoms with Gasteiger partial charge in [0.2, 0.25) is 0 Å². The van der Waals surface area contributed by atoms with Crippen LogP contribution in [0.1, 0.15) is 23.3 Å². The Morgan fingerprint density at radius 1 is 1.38 bits per heavy atom.